The second-order valence-electron chi connectivity index (χ2n) is 3.69. The molecule has 0 aliphatic rings. The molecule has 3 nitrogen and oxygen atoms in total. The van der Waals surface area contributed by atoms with Crippen LogP contribution in [0.25, 0.3) is 0 Å². The predicted molar refractivity (Wildman–Crippen MR) is 63.9 cm³/mol. The van der Waals surface area contributed by atoms with Crippen LogP contribution in [0.1, 0.15) is 29.9 Å². The first-order valence-corrected chi connectivity index (χ1v) is 5.98. The van der Waals surface area contributed by atoms with E-state index in [4.69, 9.17) is 5.11 Å². The van der Waals surface area contributed by atoms with E-state index in [-0.39, 0.29) is 6.61 Å². The minimum Gasteiger partial charge on any atom is -0.396 e. The van der Waals surface area contributed by atoms with E-state index in [0.29, 0.717) is 6.04 Å². The molecule has 0 fully saturated rings. The van der Waals surface area contributed by atoms with Crippen LogP contribution in [0.3, 0.4) is 0 Å². The number of rotatable bonds is 6. The topological polar surface area (TPSA) is 40.5 Å². The molecule has 0 aliphatic carbocycles. The molecule has 0 aromatic carbocycles. The van der Waals surface area contributed by atoms with Crippen LogP contribution in [-0.4, -0.2) is 30.6 Å². The average molecular weight is 227 g/mol. The molecule has 84 valence electrons. The molecule has 1 rings (SSSR count). The number of aldehydes is 1. The largest absolute Gasteiger partial charge is 0.396 e. The number of carbonyl (C=O) groups is 1. The van der Waals surface area contributed by atoms with Crippen molar-refractivity contribution in [2.45, 2.75) is 26.3 Å². The van der Waals surface area contributed by atoms with Gasteiger partial charge in [0, 0.05) is 30.3 Å². The molecule has 15 heavy (non-hydrogen) atoms. The van der Waals surface area contributed by atoms with Crippen LogP contribution in [0.4, 0.5) is 5.69 Å². The lowest BCUT2D eigenvalue weighted by Gasteiger charge is -2.27. The molecular formula is C11H17NO2S. The van der Waals surface area contributed by atoms with E-state index in [1.165, 1.54) is 11.3 Å². The quantitative estimate of drug-likeness (QED) is 0.757. The Hall–Kier alpha value is -0.870. The summed E-state index contributed by atoms with van der Waals surface area (Å²) < 4.78 is 0. The van der Waals surface area contributed by atoms with Gasteiger partial charge in [-0.15, -0.1) is 11.3 Å². The Kier molecular flexibility index (Phi) is 4.78. The van der Waals surface area contributed by atoms with E-state index in [0.717, 1.165) is 29.8 Å². The summed E-state index contributed by atoms with van der Waals surface area (Å²) in [6.45, 7) is 5.24. The molecule has 0 spiro atoms. The molecule has 0 amide bonds. The SMILES string of the molecule is CC(C)N(CCCO)c1csc(C=O)c1. The van der Waals surface area contributed by atoms with Gasteiger partial charge < -0.3 is 10.0 Å². The summed E-state index contributed by atoms with van der Waals surface area (Å²) in [7, 11) is 0. The molecule has 0 saturated carbocycles. The number of hydrogen-bond acceptors (Lipinski definition) is 4. The van der Waals surface area contributed by atoms with Gasteiger partial charge in [0.2, 0.25) is 0 Å². The van der Waals surface area contributed by atoms with Gasteiger partial charge in [0.1, 0.15) is 0 Å². The molecule has 0 saturated heterocycles. The van der Waals surface area contributed by atoms with Gasteiger partial charge in [-0.1, -0.05) is 0 Å². The molecule has 0 bridgehead atoms. The van der Waals surface area contributed by atoms with Crippen molar-refractivity contribution in [3.8, 4) is 0 Å². The van der Waals surface area contributed by atoms with Crippen molar-refractivity contribution >= 4 is 23.3 Å². The summed E-state index contributed by atoms with van der Waals surface area (Å²) >= 11 is 1.46. The fourth-order valence-corrected chi connectivity index (χ4v) is 2.19. The molecule has 0 radical (unpaired) electrons. The van der Waals surface area contributed by atoms with Crippen LogP contribution >= 0.6 is 11.3 Å². The summed E-state index contributed by atoms with van der Waals surface area (Å²) in [5, 5.41) is 10.8. The number of carbonyl (C=O) groups excluding carboxylic acids is 1. The lowest BCUT2D eigenvalue weighted by Crippen LogP contribution is -2.31. The van der Waals surface area contributed by atoms with Crippen molar-refractivity contribution in [1.82, 2.24) is 0 Å². The molecule has 0 unspecified atom stereocenters. The number of aliphatic hydroxyl groups is 1. The van der Waals surface area contributed by atoms with Gasteiger partial charge in [0.05, 0.1) is 4.88 Å². The highest BCUT2D eigenvalue weighted by Crippen LogP contribution is 2.23. The minimum atomic E-state index is 0.202. The smallest absolute Gasteiger partial charge is 0.160 e. The van der Waals surface area contributed by atoms with Gasteiger partial charge in [-0.05, 0) is 26.3 Å². The predicted octanol–water partition coefficient (Wildman–Crippen LogP) is 2.16. The van der Waals surface area contributed by atoms with E-state index < -0.39 is 0 Å². The molecule has 1 aromatic heterocycles. The maximum Gasteiger partial charge on any atom is 0.160 e. The monoisotopic (exact) mass is 227 g/mol. The summed E-state index contributed by atoms with van der Waals surface area (Å²) in [5.74, 6) is 0. The van der Waals surface area contributed by atoms with E-state index in [9.17, 15) is 4.79 Å². The van der Waals surface area contributed by atoms with Gasteiger partial charge in [0.15, 0.2) is 6.29 Å². The number of nitrogens with zero attached hydrogens (tertiary/aromatic N) is 1. The Morgan fingerprint density at radius 2 is 2.33 bits per heavy atom. The standard InChI is InChI=1S/C11H17NO2S/c1-9(2)12(4-3-5-13)10-6-11(7-14)15-8-10/h6-9,13H,3-5H2,1-2H3. The highest BCUT2D eigenvalue weighted by Gasteiger charge is 2.11. The lowest BCUT2D eigenvalue weighted by atomic mass is 10.2. The highest BCUT2D eigenvalue weighted by atomic mass is 32.1. The van der Waals surface area contributed by atoms with Gasteiger partial charge >= 0.3 is 0 Å². The fourth-order valence-electron chi connectivity index (χ4n) is 1.48. The lowest BCUT2D eigenvalue weighted by molar-refractivity contribution is 0.112. The molecule has 0 aliphatic heterocycles. The third-order valence-corrected chi connectivity index (χ3v) is 3.08. The zero-order valence-corrected chi connectivity index (χ0v) is 9.96. The number of hydrogen-bond donors (Lipinski definition) is 1. The maximum atomic E-state index is 10.6. The third-order valence-electron chi connectivity index (χ3n) is 2.23. The zero-order chi connectivity index (χ0) is 11.3. The van der Waals surface area contributed by atoms with E-state index in [2.05, 4.69) is 18.7 Å². The van der Waals surface area contributed by atoms with Crippen molar-refractivity contribution in [1.29, 1.82) is 0 Å². The third kappa shape index (κ3) is 3.32. The van der Waals surface area contributed by atoms with Crippen LogP contribution in [0.15, 0.2) is 11.4 Å². The minimum absolute atomic E-state index is 0.202. The molecule has 1 aromatic rings. The average Bonchev–Trinajstić information content (AvgIpc) is 2.66. The van der Waals surface area contributed by atoms with Gasteiger partial charge in [-0.2, -0.15) is 0 Å². The highest BCUT2D eigenvalue weighted by molar-refractivity contribution is 7.12. The molecule has 0 atom stereocenters. The fraction of sp³-hybridized carbons (Fsp3) is 0.545. The van der Waals surface area contributed by atoms with Gasteiger partial charge in [-0.25, -0.2) is 0 Å². The maximum absolute atomic E-state index is 10.6. The summed E-state index contributed by atoms with van der Waals surface area (Å²) in [6, 6.07) is 2.28. The van der Waals surface area contributed by atoms with Crippen molar-refractivity contribution in [3.05, 3.63) is 16.3 Å². The van der Waals surface area contributed by atoms with Crippen LogP contribution in [0.2, 0.25) is 0 Å². The van der Waals surface area contributed by atoms with Crippen LogP contribution in [-0.2, 0) is 0 Å². The Morgan fingerprint density at radius 1 is 1.60 bits per heavy atom. The van der Waals surface area contributed by atoms with Crippen LogP contribution in [0.5, 0.6) is 0 Å². The normalized spacial score (nSPS) is 10.7. The van der Waals surface area contributed by atoms with Crippen LogP contribution in [0, 0.1) is 0 Å². The van der Waals surface area contributed by atoms with E-state index in [1.807, 2.05) is 11.4 Å². The molecule has 1 heterocycles. The summed E-state index contributed by atoms with van der Waals surface area (Å²) in [5.41, 5.74) is 1.07. The molecule has 1 N–H and O–H groups in total. The van der Waals surface area contributed by atoms with E-state index >= 15 is 0 Å². The Balaban J connectivity index is 2.74. The van der Waals surface area contributed by atoms with Crippen molar-refractivity contribution in [2.24, 2.45) is 0 Å². The Labute approximate surface area is 94.3 Å². The number of thiophene rings is 1. The summed E-state index contributed by atoms with van der Waals surface area (Å²) in [4.78, 5) is 13.5. The second kappa shape index (κ2) is 5.88. The van der Waals surface area contributed by atoms with Crippen molar-refractivity contribution in [2.75, 3.05) is 18.1 Å². The van der Waals surface area contributed by atoms with Crippen LogP contribution < -0.4 is 4.90 Å². The first kappa shape index (κ1) is 12.2. The first-order chi connectivity index (χ1) is 7.19. The Bertz CT molecular complexity index is 309. The van der Waals surface area contributed by atoms with Gasteiger partial charge in [0.25, 0.3) is 0 Å². The second-order valence-corrected chi connectivity index (χ2v) is 4.63. The van der Waals surface area contributed by atoms with Gasteiger partial charge in [-0.3, -0.25) is 4.79 Å². The number of anilines is 1. The summed E-state index contributed by atoms with van der Waals surface area (Å²) in [6.07, 6.45) is 1.63. The Morgan fingerprint density at radius 3 is 2.80 bits per heavy atom. The molecule has 4 heteroatoms. The van der Waals surface area contributed by atoms with E-state index in [1.54, 1.807) is 0 Å². The zero-order valence-electron chi connectivity index (χ0n) is 9.14. The number of aliphatic hydroxyl groups excluding tert-OH is 1. The van der Waals surface area contributed by atoms with Crippen molar-refractivity contribution < 1.29 is 9.90 Å². The molecular weight excluding hydrogens is 210 g/mol. The van der Waals surface area contributed by atoms with Crippen molar-refractivity contribution in [3.63, 3.8) is 0 Å². The first-order valence-electron chi connectivity index (χ1n) is 5.10.